The zero-order valence-electron chi connectivity index (χ0n) is 40.4. The number of amides is 1. The highest BCUT2D eigenvalue weighted by Crippen LogP contribution is 2.35. The molecule has 3 aliphatic heterocycles. The van der Waals surface area contributed by atoms with Crippen molar-refractivity contribution < 1.29 is 19.2 Å². The second-order valence-electron chi connectivity index (χ2n) is 18.9. The Labute approximate surface area is 406 Å². The number of hydrogen-bond donors (Lipinski definition) is 2. The minimum atomic E-state index is 0.0334. The van der Waals surface area contributed by atoms with Gasteiger partial charge in [-0.15, -0.1) is 0 Å². The van der Waals surface area contributed by atoms with Crippen LogP contribution in [0.1, 0.15) is 88.4 Å². The van der Waals surface area contributed by atoms with E-state index in [0.717, 1.165) is 120 Å². The zero-order chi connectivity index (χ0) is 48.4. The van der Waals surface area contributed by atoms with Crippen LogP contribution in [0.2, 0.25) is 0 Å². The van der Waals surface area contributed by atoms with Gasteiger partial charge in [0.2, 0.25) is 5.91 Å². The molecule has 356 valence electrons. The highest BCUT2D eigenvalue weighted by Gasteiger charge is 2.29. The molecule has 1 saturated carbocycles. The molecule has 1 amide bonds. The van der Waals surface area contributed by atoms with E-state index in [2.05, 4.69) is 70.4 Å². The summed E-state index contributed by atoms with van der Waals surface area (Å²) in [5.41, 5.74) is 17.4. The number of rotatable bonds is 20. The third kappa shape index (κ3) is 12.3. The fraction of sp³-hybridized carbons (Fsp3) is 0.333. The predicted octanol–water partition coefficient (Wildman–Crippen LogP) is 9.13. The minimum absolute atomic E-state index is 0.0334. The summed E-state index contributed by atoms with van der Waals surface area (Å²) in [6.07, 6.45) is 20.0. The van der Waals surface area contributed by atoms with Crippen molar-refractivity contribution in [2.45, 2.75) is 45.4 Å². The van der Waals surface area contributed by atoms with Crippen LogP contribution in [0.25, 0.3) is 46.6 Å². The van der Waals surface area contributed by atoms with Crippen molar-refractivity contribution in [1.29, 1.82) is 0 Å². The van der Waals surface area contributed by atoms with E-state index >= 15 is 0 Å². The molecule has 0 bridgehead atoms. The molecule has 0 atom stereocenters. The number of nitrogens with one attached hydrogen (secondary N) is 1. The van der Waals surface area contributed by atoms with E-state index in [-0.39, 0.29) is 5.91 Å². The molecule has 12 heteroatoms. The maximum absolute atomic E-state index is 14.3. The maximum atomic E-state index is 14.3. The van der Waals surface area contributed by atoms with Crippen molar-refractivity contribution in [3.05, 3.63) is 130 Å². The van der Waals surface area contributed by atoms with Crippen LogP contribution < -0.4 is 11.1 Å². The average molecular weight is 925 g/mol. The Morgan fingerprint density at radius 3 is 1.90 bits per heavy atom. The van der Waals surface area contributed by atoms with Crippen LogP contribution in [0, 0.1) is 11.8 Å². The quantitative estimate of drug-likeness (QED) is 0.0830. The van der Waals surface area contributed by atoms with Crippen molar-refractivity contribution in [3.8, 4) is 22.3 Å². The fourth-order valence-corrected chi connectivity index (χ4v) is 9.29. The van der Waals surface area contributed by atoms with Crippen LogP contribution in [0.4, 0.5) is 11.4 Å². The normalized spacial score (nSPS) is 15.9. The Morgan fingerprint density at radius 1 is 0.710 bits per heavy atom. The van der Waals surface area contributed by atoms with Crippen molar-refractivity contribution in [2.24, 2.45) is 27.6 Å². The van der Waals surface area contributed by atoms with Crippen molar-refractivity contribution in [3.63, 3.8) is 0 Å². The number of nitrogens with zero attached hydrogens (tertiary/aromatic N) is 6. The molecule has 2 fully saturated rings. The molecule has 12 nitrogen and oxygen atoms in total. The third-order valence-corrected chi connectivity index (χ3v) is 13.5. The molecule has 8 rings (SSSR count). The van der Waals surface area contributed by atoms with Gasteiger partial charge < -0.3 is 30.7 Å². The Morgan fingerprint density at radius 2 is 1.30 bits per heavy atom. The maximum Gasteiger partial charge on any atom is 0.250 e. The first-order valence-electron chi connectivity index (χ1n) is 24.2. The number of hydrogen-bond acceptors (Lipinski definition) is 11. The molecule has 1 aliphatic carbocycles. The van der Waals surface area contributed by atoms with Crippen molar-refractivity contribution in [1.82, 2.24) is 24.9 Å². The molecule has 4 aromatic carbocycles. The largest absolute Gasteiger partial charge is 0.387 e. The Kier molecular flexibility index (Phi) is 15.6. The first kappa shape index (κ1) is 48.3. The lowest BCUT2D eigenvalue weighted by Crippen LogP contribution is -2.53. The molecule has 4 aliphatic rings. The van der Waals surface area contributed by atoms with Crippen LogP contribution in [0.15, 0.2) is 106 Å². The molecule has 3 N–H and O–H groups in total. The molecule has 69 heavy (non-hydrogen) atoms. The summed E-state index contributed by atoms with van der Waals surface area (Å²) in [5.74, 6) is 2.49. The van der Waals surface area contributed by atoms with Gasteiger partial charge in [0, 0.05) is 119 Å². The summed E-state index contributed by atoms with van der Waals surface area (Å²) >= 11 is 0. The SMILES string of the molecule is CCCN(CCN1CC(CN(C)/C=C\c2cc(-c3ccc4c(c3)N=C(N)CC(C=O)=C4)ccc2C=O)C1)C(=O)C1=Cc2ccc(-c3ccc(C=O)c(/C=C\N(C)CCC4CC4)c3)cc2N=C(NC)C1. The van der Waals surface area contributed by atoms with Gasteiger partial charge in [-0.3, -0.25) is 19.2 Å². The van der Waals surface area contributed by atoms with Gasteiger partial charge in [-0.25, -0.2) is 9.98 Å². The second-order valence-corrected chi connectivity index (χ2v) is 18.9. The van der Waals surface area contributed by atoms with Gasteiger partial charge in [0.15, 0.2) is 12.6 Å². The highest BCUT2D eigenvalue weighted by molar-refractivity contribution is 6.06. The molecular weight excluding hydrogens is 861 g/mol. The summed E-state index contributed by atoms with van der Waals surface area (Å²) in [4.78, 5) is 68.1. The summed E-state index contributed by atoms with van der Waals surface area (Å²) in [5, 5.41) is 3.25. The van der Waals surface area contributed by atoms with Gasteiger partial charge in [-0.05, 0) is 113 Å². The molecule has 0 spiro atoms. The highest BCUT2D eigenvalue weighted by atomic mass is 16.2. The first-order chi connectivity index (χ1) is 33.5. The van der Waals surface area contributed by atoms with Crippen LogP contribution in [-0.4, -0.2) is 123 Å². The number of carbonyl (C=O) groups is 4. The van der Waals surface area contributed by atoms with Crippen LogP contribution in [0.3, 0.4) is 0 Å². The molecule has 1 saturated heterocycles. The first-order valence-corrected chi connectivity index (χ1v) is 24.2. The lowest BCUT2D eigenvalue weighted by molar-refractivity contribution is -0.127. The number of aliphatic imine (C=N–C) groups is 2. The predicted molar refractivity (Wildman–Crippen MR) is 281 cm³/mol. The van der Waals surface area contributed by atoms with E-state index < -0.39 is 0 Å². The van der Waals surface area contributed by atoms with E-state index in [1.165, 1.54) is 19.3 Å². The van der Waals surface area contributed by atoms with Gasteiger partial charge in [0.05, 0.1) is 11.4 Å². The molecule has 4 aromatic rings. The Balaban J connectivity index is 0.870. The number of likely N-dealkylation sites (tertiary alicyclic amines) is 1. The van der Waals surface area contributed by atoms with Gasteiger partial charge in [-0.1, -0.05) is 68.3 Å². The molecule has 0 unspecified atom stereocenters. The van der Waals surface area contributed by atoms with E-state index in [9.17, 15) is 19.2 Å². The molecule has 0 radical (unpaired) electrons. The van der Waals surface area contributed by atoms with E-state index in [1.54, 1.807) is 0 Å². The standard InChI is InChI=1S/C57H64N8O4/c1-5-19-65(57(69)52-29-49-13-9-45(31-54(49)61-56(32-52)59-2)43-11-14-50(37-67)46(27-43)17-21-62(3)20-16-39-6-7-39)24-23-64-34-41(35-64)33-63(4)22-18-47-28-42(10-15-51(47)38-68)44-8-12-48-25-40(36-66)26-55(58)60-53(48)30-44/h8-15,17-18,21-22,25,27-31,36-39,41H,5-7,16,19-20,23-24,26,32-35H2,1-4H3,(H2,58,60)(H,59,61)/b21-17-,22-18-. The number of fused-ring (bicyclic) bond motifs is 2. The summed E-state index contributed by atoms with van der Waals surface area (Å²) < 4.78 is 0. The van der Waals surface area contributed by atoms with Crippen LogP contribution >= 0.6 is 0 Å². The van der Waals surface area contributed by atoms with Gasteiger partial charge in [0.25, 0.3) is 0 Å². The average Bonchev–Trinajstić information content (AvgIpc) is 4.22. The fourth-order valence-electron chi connectivity index (χ4n) is 9.29. The Bertz CT molecular complexity index is 2770. The Hall–Kier alpha value is -7.18. The van der Waals surface area contributed by atoms with E-state index in [4.69, 9.17) is 10.7 Å². The number of benzene rings is 4. The van der Waals surface area contributed by atoms with Gasteiger partial charge in [0.1, 0.15) is 18.0 Å². The smallest absolute Gasteiger partial charge is 0.250 e. The summed E-state index contributed by atoms with van der Waals surface area (Å²) in [6, 6.07) is 23.8. The van der Waals surface area contributed by atoms with Gasteiger partial charge in [-0.2, -0.15) is 0 Å². The topological polar surface area (TPSA) is 144 Å². The van der Waals surface area contributed by atoms with Crippen LogP contribution in [0.5, 0.6) is 0 Å². The number of amidine groups is 2. The number of aldehydes is 3. The minimum Gasteiger partial charge on any atom is -0.387 e. The summed E-state index contributed by atoms with van der Waals surface area (Å²) in [6.45, 7) is 7.96. The zero-order valence-corrected chi connectivity index (χ0v) is 40.4. The van der Waals surface area contributed by atoms with E-state index in [1.807, 2.05) is 97.0 Å². The van der Waals surface area contributed by atoms with Crippen molar-refractivity contribution in [2.75, 3.05) is 67.0 Å². The molecule has 3 heterocycles. The monoisotopic (exact) mass is 925 g/mol. The number of carbonyl (C=O) groups excluding carboxylic acids is 4. The van der Waals surface area contributed by atoms with Crippen molar-refractivity contribution >= 4 is 72.1 Å². The van der Waals surface area contributed by atoms with Gasteiger partial charge >= 0.3 is 0 Å². The lowest BCUT2D eigenvalue weighted by Gasteiger charge is -2.41. The van der Waals surface area contributed by atoms with Crippen LogP contribution in [-0.2, 0) is 9.59 Å². The number of nitrogens with two attached hydrogens (primary N) is 1. The molecule has 0 aromatic heterocycles. The second kappa shape index (κ2) is 22.3. The molecular formula is C57H64N8O4. The third-order valence-electron chi connectivity index (χ3n) is 13.5. The summed E-state index contributed by atoms with van der Waals surface area (Å²) in [7, 11) is 5.99. The van der Waals surface area contributed by atoms with E-state index in [0.29, 0.717) is 65.6 Å². The lowest BCUT2D eigenvalue weighted by atomic mass is 9.97.